The fraction of sp³-hybridized carbons (Fsp3) is 0.346. The van der Waals surface area contributed by atoms with Gasteiger partial charge < -0.3 is 14.1 Å². The molecular weight excluding hydrogens is 534 g/mol. The molecule has 0 N–H and O–H groups in total. The van der Waals surface area contributed by atoms with Crippen molar-refractivity contribution in [2.45, 2.75) is 43.9 Å². The van der Waals surface area contributed by atoms with Crippen LogP contribution in [-0.2, 0) is 32.6 Å². The van der Waals surface area contributed by atoms with E-state index in [9.17, 15) is 23.3 Å². The Morgan fingerprint density at radius 3 is 2.53 bits per heavy atom. The molecular formula is C26H28ClN3O7S. The fourth-order valence-corrected chi connectivity index (χ4v) is 5.88. The van der Waals surface area contributed by atoms with Crippen molar-refractivity contribution in [1.29, 1.82) is 0 Å². The highest BCUT2D eigenvalue weighted by atomic mass is 35.5. The molecule has 1 unspecified atom stereocenters. The summed E-state index contributed by atoms with van der Waals surface area (Å²) in [6, 6.07) is 16.2. The second-order valence-electron chi connectivity index (χ2n) is 9.05. The number of hydrogen-bond donors (Lipinski definition) is 0. The number of carbonyl (C=O) groups is 1. The highest BCUT2D eigenvalue weighted by molar-refractivity contribution is 7.89. The maximum absolute atomic E-state index is 13.7. The summed E-state index contributed by atoms with van der Waals surface area (Å²) >= 11 is 5.90. The largest absolute Gasteiger partial charge is 0.464 e. The molecule has 0 aliphatic carbocycles. The Labute approximate surface area is 225 Å². The monoisotopic (exact) mass is 561 g/mol. The van der Waals surface area contributed by atoms with Crippen LogP contribution in [0.1, 0.15) is 29.9 Å². The number of aryl methyl sites for hydroxylation is 1. The average Bonchev–Trinajstić information content (AvgIpc) is 3.55. The Morgan fingerprint density at radius 1 is 1.13 bits per heavy atom. The summed E-state index contributed by atoms with van der Waals surface area (Å²) in [4.78, 5) is 25.5. The molecule has 10 nitrogen and oxygen atoms in total. The van der Waals surface area contributed by atoms with Gasteiger partial charge in [0.2, 0.25) is 15.9 Å². The van der Waals surface area contributed by atoms with Gasteiger partial charge in [-0.05, 0) is 49.6 Å². The van der Waals surface area contributed by atoms with Gasteiger partial charge in [0.05, 0.1) is 29.0 Å². The van der Waals surface area contributed by atoms with E-state index in [1.807, 2.05) is 30.3 Å². The van der Waals surface area contributed by atoms with Crippen molar-refractivity contribution in [1.82, 2.24) is 9.21 Å². The Morgan fingerprint density at radius 2 is 1.89 bits per heavy atom. The molecule has 2 aromatic carbocycles. The first kappa shape index (κ1) is 27.8. The van der Waals surface area contributed by atoms with Gasteiger partial charge in [0.15, 0.2) is 0 Å². The van der Waals surface area contributed by atoms with Crippen molar-refractivity contribution >= 4 is 33.2 Å². The molecule has 2 heterocycles. The highest BCUT2D eigenvalue weighted by Gasteiger charge is 2.33. The quantitative estimate of drug-likeness (QED) is 0.248. The van der Waals surface area contributed by atoms with E-state index in [-0.39, 0.29) is 29.6 Å². The third-order valence-electron chi connectivity index (χ3n) is 6.21. The number of benzene rings is 2. The summed E-state index contributed by atoms with van der Waals surface area (Å²) in [5.74, 6) is 0.806. The Hall–Kier alpha value is -3.25. The molecule has 1 saturated heterocycles. The Kier molecular flexibility index (Phi) is 8.83. The summed E-state index contributed by atoms with van der Waals surface area (Å²) in [5, 5.41) is 11.2. The van der Waals surface area contributed by atoms with Crippen LogP contribution in [-0.4, -0.2) is 54.3 Å². The number of halogens is 1. The molecule has 1 aliphatic heterocycles. The number of nitrogens with zero attached hydrogens (tertiary/aromatic N) is 3. The lowest BCUT2D eigenvalue weighted by Crippen LogP contribution is -2.45. The van der Waals surface area contributed by atoms with E-state index in [4.69, 9.17) is 20.8 Å². The van der Waals surface area contributed by atoms with E-state index < -0.39 is 39.2 Å². The molecule has 0 saturated carbocycles. The SMILES string of the molecule is Cc1ccc(CN(Cc2ccccc2)C(=O)CN(CC2CCCO2)S(=O)(=O)c2ccc(Cl)c([N+](=O)[O-])c2)o1. The van der Waals surface area contributed by atoms with E-state index >= 15 is 0 Å². The van der Waals surface area contributed by atoms with Crippen LogP contribution < -0.4 is 0 Å². The van der Waals surface area contributed by atoms with E-state index in [2.05, 4.69) is 0 Å². The Balaban J connectivity index is 1.64. The number of nitro benzene ring substituents is 1. The number of carbonyl (C=O) groups excluding carboxylic acids is 1. The van der Waals surface area contributed by atoms with Gasteiger partial charge in [-0.15, -0.1) is 0 Å². The van der Waals surface area contributed by atoms with E-state index in [1.54, 1.807) is 19.1 Å². The first-order valence-corrected chi connectivity index (χ1v) is 13.9. The number of sulfonamides is 1. The van der Waals surface area contributed by atoms with E-state index in [0.717, 1.165) is 22.4 Å². The molecule has 1 aromatic heterocycles. The molecule has 12 heteroatoms. The minimum Gasteiger partial charge on any atom is -0.464 e. The third-order valence-corrected chi connectivity index (χ3v) is 8.33. The molecule has 4 rings (SSSR count). The van der Waals surface area contributed by atoms with Crippen LogP contribution in [0.4, 0.5) is 5.69 Å². The maximum Gasteiger partial charge on any atom is 0.289 e. The number of furan rings is 1. The molecule has 38 heavy (non-hydrogen) atoms. The minimum atomic E-state index is -4.31. The number of hydrogen-bond acceptors (Lipinski definition) is 7. The van der Waals surface area contributed by atoms with Gasteiger partial charge in [-0.2, -0.15) is 4.31 Å². The maximum atomic E-state index is 13.7. The lowest BCUT2D eigenvalue weighted by atomic mass is 10.2. The first-order chi connectivity index (χ1) is 18.1. The van der Waals surface area contributed by atoms with Crippen LogP contribution in [0.3, 0.4) is 0 Å². The number of ether oxygens (including phenoxy) is 1. The smallest absolute Gasteiger partial charge is 0.289 e. The topological polar surface area (TPSA) is 123 Å². The molecule has 1 aliphatic rings. The van der Waals surface area contributed by atoms with Crippen LogP contribution in [0.25, 0.3) is 0 Å². The molecule has 1 atom stereocenters. The van der Waals surface area contributed by atoms with Crippen molar-refractivity contribution in [3.05, 3.63) is 92.9 Å². The van der Waals surface area contributed by atoms with Gasteiger partial charge in [-0.25, -0.2) is 8.42 Å². The first-order valence-electron chi connectivity index (χ1n) is 12.1. The van der Waals surface area contributed by atoms with Crippen LogP contribution in [0.5, 0.6) is 0 Å². The van der Waals surface area contributed by atoms with Gasteiger partial charge in [0, 0.05) is 25.8 Å². The van der Waals surface area contributed by atoms with E-state index in [0.29, 0.717) is 24.5 Å². The van der Waals surface area contributed by atoms with Crippen LogP contribution in [0.15, 0.2) is 70.0 Å². The molecule has 0 bridgehead atoms. The zero-order chi connectivity index (χ0) is 27.3. The number of amides is 1. The average molecular weight is 562 g/mol. The minimum absolute atomic E-state index is 0.0659. The molecule has 3 aromatic rings. The fourth-order valence-electron chi connectivity index (χ4n) is 4.25. The molecule has 0 radical (unpaired) electrons. The lowest BCUT2D eigenvalue weighted by molar-refractivity contribution is -0.384. The number of rotatable bonds is 11. The van der Waals surface area contributed by atoms with Gasteiger partial charge in [0.1, 0.15) is 16.5 Å². The van der Waals surface area contributed by atoms with Gasteiger partial charge in [0.25, 0.3) is 5.69 Å². The zero-order valence-electron chi connectivity index (χ0n) is 20.8. The second kappa shape index (κ2) is 12.1. The standard InChI is InChI=1S/C26H28ClN3O7S/c1-19-9-10-22(37-19)16-28(15-20-6-3-2-4-7-20)26(31)18-29(17-21-8-5-13-36-21)38(34,35)23-11-12-24(27)25(14-23)30(32)33/h2-4,6-7,9-12,14,21H,5,8,13,15-18H2,1H3. The number of nitro groups is 1. The molecule has 1 amide bonds. The normalized spacial score (nSPS) is 15.6. The molecule has 202 valence electrons. The second-order valence-corrected chi connectivity index (χ2v) is 11.4. The van der Waals surface area contributed by atoms with E-state index in [1.165, 1.54) is 17.0 Å². The van der Waals surface area contributed by atoms with Crippen molar-refractivity contribution in [2.24, 2.45) is 0 Å². The summed E-state index contributed by atoms with van der Waals surface area (Å²) < 4.78 is 39.8. The van der Waals surface area contributed by atoms with Crippen molar-refractivity contribution < 1.29 is 27.3 Å². The zero-order valence-corrected chi connectivity index (χ0v) is 22.4. The van der Waals surface area contributed by atoms with Crippen molar-refractivity contribution in [3.8, 4) is 0 Å². The van der Waals surface area contributed by atoms with Crippen LogP contribution >= 0.6 is 11.6 Å². The van der Waals surface area contributed by atoms with Crippen LogP contribution in [0, 0.1) is 17.0 Å². The van der Waals surface area contributed by atoms with Gasteiger partial charge >= 0.3 is 0 Å². The van der Waals surface area contributed by atoms with Gasteiger partial charge in [-0.3, -0.25) is 14.9 Å². The van der Waals surface area contributed by atoms with Gasteiger partial charge in [-0.1, -0.05) is 41.9 Å². The predicted octanol–water partition coefficient (Wildman–Crippen LogP) is 4.55. The molecule has 0 spiro atoms. The summed E-state index contributed by atoms with van der Waals surface area (Å²) in [6.07, 6.45) is 1.02. The summed E-state index contributed by atoms with van der Waals surface area (Å²) in [7, 11) is -4.31. The summed E-state index contributed by atoms with van der Waals surface area (Å²) in [5.41, 5.74) is 0.334. The van der Waals surface area contributed by atoms with Crippen molar-refractivity contribution in [3.63, 3.8) is 0 Å². The molecule has 1 fully saturated rings. The Bertz CT molecular complexity index is 1390. The predicted molar refractivity (Wildman–Crippen MR) is 140 cm³/mol. The van der Waals surface area contributed by atoms with Crippen LogP contribution in [0.2, 0.25) is 5.02 Å². The highest BCUT2D eigenvalue weighted by Crippen LogP contribution is 2.29. The van der Waals surface area contributed by atoms with Crippen molar-refractivity contribution in [2.75, 3.05) is 19.7 Å². The third kappa shape index (κ3) is 6.79. The lowest BCUT2D eigenvalue weighted by Gasteiger charge is -2.28. The summed E-state index contributed by atoms with van der Waals surface area (Å²) in [6.45, 7) is 2.13.